The van der Waals surface area contributed by atoms with Crippen LogP contribution in [-0.4, -0.2) is 56.3 Å². The highest BCUT2D eigenvalue weighted by atomic mass is 35.5. The molecule has 1 saturated heterocycles. The van der Waals surface area contributed by atoms with Crippen molar-refractivity contribution in [2.45, 2.75) is 44.1 Å². The van der Waals surface area contributed by atoms with Crippen LogP contribution in [0.5, 0.6) is 0 Å². The molecule has 1 heterocycles. The first-order valence-electron chi connectivity index (χ1n) is 9.70. The maximum absolute atomic E-state index is 11.6. The van der Waals surface area contributed by atoms with Crippen molar-refractivity contribution >= 4 is 23.7 Å². The van der Waals surface area contributed by atoms with Gasteiger partial charge < -0.3 is 20.3 Å². The number of guanidine groups is 1. The molecule has 7 heteroatoms. The summed E-state index contributed by atoms with van der Waals surface area (Å²) in [4.78, 5) is 18.2. The van der Waals surface area contributed by atoms with Gasteiger partial charge in [0.25, 0.3) is 0 Å². The van der Waals surface area contributed by atoms with Crippen LogP contribution in [0.1, 0.15) is 38.2 Å². The van der Waals surface area contributed by atoms with Gasteiger partial charge in [-0.15, -0.1) is 0 Å². The van der Waals surface area contributed by atoms with Gasteiger partial charge in [-0.3, -0.25) is 4.99 Å². The average Bonchev–Trinajstić information content (AvgIpc) is 3.47. The van der Waals surface area contributed by atoms with Crippen LogP contribution in [0.2, 0.25) is 5.02 Å². The number of carbonyl (C=O) groups is 1. The number of halogens is 1. The number of aliphatic imine (C=N–C) groups is 1. The molecule has 2 N–H and O–H groups in total. The number of hydrogen-bond donors (Lipinski definition) is 2. The lowest BCUT2D eigenvalue weighted by Gasteiger charge is -2.32. The zero-order chi connectivity index (χ0) is 19.3. The quantitative estimate of drug-likeness (QED) is 0.596. The lowest BCUT2D eigenvalue weighted by molar-refractivity contribution is 0.111. The highest BCUT2D eigenvalue weighted by Crippen LogP contribution is 2.48. The fourth-order valence-electron chi connectivity index (χ4n) is 3.59. The summed E-state index contributed by atoms with van der Waals surface area (Å²) in [5.74, 6) is 0.849. The first kappa shape index (κ1) is 19.8. The van der Waals surface area contributed by atoms with Crippen molar-refractivity contribution in [3.63, 3.8) is 0 Å². The number of benzene rings is 1. The van der Waals surface area contributed by atoms with Crippen molar-refractivity contribution in [3.05, 3.63) is 34.9 Å². The third-order valence-corrected chi connectivity index (χ3v) is 5.68. The normalized spacial score (nSPS) is 19.5. The zero-order valence-corrected chi connectivity index (χ0v) is 16.9. The van der Waals surface area contributed by atoms with Gasteiger partial charge in [0.15, 0.2) is 5.96 Å². The minimum Gasteiger partial charge on any atom is -0.453 e. The predicted molar refractivity (Wildman–Crippen MR) is 108 cm³/mol. The molecule has 0 bridgehead atoms. The number of likely N-dealkylation sites (tertiary alicyclic amines) is 1. The molecule has 6 nitrogen and oxygen atoms in total. The number of piperidine rings is 1. The van der Waals surface area contributed by atoms with Gasteiger partial charge in [-0.2, -0.15) is 0 Å². The number of nitrogens with one attached hydrogen (secondary N) is 2. The average molecular weight is 393 g/mol. The molecule has 0 atom stereocenters. The van der Waals surface area contributed by atoms with Crippen LogP contribution < -0.4 is 10.6 Å². The second-order valence-corrected chi connectivity index (χ2v) is 7.80. The maximum Gasteiger partial charge on any atom is 0.409 e. The standard InChI is InChI=1S/C20H29ClN4O2/c1-3-22-18(24-17-7-11-25(12-8-17)19(26)27-2)23-14-20(9-10-20)15-5-4-6-16(21)13-15/h4-6,13,17H,3,7-12,14H2,1-2H3,(H2,22,23,24). The number of amides is 1. The molecular weight excluding hydrogens is 364 g/mol. The van der Waals surface area contributed by atoms with E-state index in [-0.39, 0.29) is 11.5 Å². The molecule has 1 aromatic carbocycles. The number of carbonyl (C=O) groups excluding carboxylic acids is 1. The fraction of sp³-hybridized carbons (Fsp3) is 0.600. The Morgan fingerprint density at radius 2 is 2.11 bits per heavy atom. The molecule has 0 unspecified atom stereocenters. The molecule has 1 aromatic rings. The summed E-state index contributed by atoms with van der Waals surface area (Å²) in [5.41, 5.74) is 1.41. The number of rotatable bonds is 5. The van der Waals surface area contributed by atoms with E-state index in [1.165, 1.54) is 12.7 Å². The van der Waals surface area contributed by atoms with Crippen molar-refractivity contribution in [3.8, 4) is 0 Å². The Bertz CT molecular complexity index is 682. The molecule has 0 radical (unpaired) electrons. The molecule has 0 aromatic heterocycles. The van der Waals surface area contributed by atoms with Crippen LogP contribution in [0.4, 0.5) is 4.79 Å². The third kappa shape index (κ3) is 5.06. The molecule has 1 aliphatic carbocycles. The van der Waals surface area contributed by atoms with Gasteiger partial charge in [0, 0.05) is 36.1 Å². The highest BCUT2D eigenvalue weighted by molar-refractivity contribution is 6.30. The van der Waals surface area contributed by atoms with E-state index in [0.29, 0.717) is 19.1 Å². The van der Waals surface area contributed by atoms with Crippen molar-refractivity contribution in [2.75, 3.05) is 33.3 Å². The molecule has 1 amide bonds. The summed E-state index contributed by atoms with van der Waals surface area (Å²) in [5, 5.41) is 7.66. The van der Waals surface area contributed by atoms with E-state index < -0.39 is 0 Å². The van der Waals surface area contributed by atoms with Crippen molar-refractivity contribution in [2.24, 2.45) is 4.99 Å². The summed E-state index contributed by atoms with van der Waals surface area (Å²) in [6, 6.07) is 8.45. The monoisotopic (exact) mass is 392 g/mol. The molecule has 1 saturated carbocycles. The van der Waals surface area contributed by atoms with Crippen LogP contribution >= 0.6 is 11.6 Å². The van der Waals surface area contributed by atoms with Crippen molar-refractivity contribution in [1.82, 2.24) is 15.5 Å². The second-order valence-electron chi connectivity index (χ2n) is 7.36. The van der Waals surface area contributed by atoms with E-state index in [4.69, 9.17) is 21.3 Å². The van der Waals surface area contributed by atoms with E-state index in [0.717, 1.165) is 49.8 Å². The van der Waals surface area contributed by atoms with E-state index in [1.807, 2.05) is 12.1 Å². The lowest BCUT2D eigenvalue weighted by Crippen LogP contribution is -2.50. The maximum atomic E-state index is 11.6. The molecule has 0 spiro atoms. The summed E-state index contributed by atoms with van der Waals surface area (Å²) in [6.45, 7) is 5.05. The molecular formula is C20H29ClN4O2. The molecule has 2 fully saturated rings. The van der Waals surface area contributed by atoms with Crippen LogP contribution in [0.25, 0.3) is 0 Å². The molecule has 1 aliphatic heterocycles. The zero-order valence-electron chi connectivity index (χ0n) is 16.1. The Balaban J connectivity index is 1.58. The molecule has 148 valence electrons. The van der Waals surface area contributed by atoms with Crippen LogP contribution in [0.3, 0.4) is 0 Å². The summed E-state index contributed by atoms with van der Waals surface area (Å²) in [7, 11) is 1.43. The second kappa shape index (κ2) is 8.83. The van der Waals surface area contributed by atoms with Gasteiger partial charge in [-0.25, -0.2) is 4.79 Å². The highest BCUT2D eigenvalue weighted by Gasteiger charge is 2.44. The Labute approximate surface area is 166 Å². The van der Waals surface area contributed by atoms with Gasteiger partial charge in [0.1, 0.15) is 0 Å². The van der Waals surface area contributed by atoms with E-state index >= 15 is 0 Å². The predicted octanol–water partition coefficient (Wildman–Crippen LogP) is 3.16. The SMILES string of the molecule is CCNC(=NCC1(c2cccc(Cl)c2)CC1)NC1CCN(C(=O)OC)CC1. The first-order valence-corrected chi connectivity index (χ1v) is 10.1. The van der Waals surface area contributed by atoms with E-state index in [9.17, 15) is 4.79 Å². The first-order chi connectivity index (χ1) is 13.1. The Morgan fingerprint density at radius 1 is 1.37 bits per heavy atom. The largest absolute Gasteiger partial charge is 0.453 e. The van der Waals surface area contributed by atoms with Gasteiger partial charge in [-0.1, -0.05) is 23.7 Å². The minimum absolute atomic E-state index is 0.126. The number of hydrogen-bond acceptors (Lipinski definition) is 3. The topological polar surface area (TPSA) is 66.0 Å². The minimum atomic E-state index is -0.244. The van der Waals surface area contributed by atoms with Crippen LogP contribution in [0, 0.1) is 0 Å². The lowest BCUT2D eigenvalue weighted by atomic mass is 9.96. The number of methoxy groups -OCH3 is 1. The van der Waals surface area contributed by atoms with Gasteiger partial charge in [0.2, 0.25) is 0 Å². The van der Waals surface area contributed by atoms with E-state index in [1.54, 1.807) is 4.90 Å². The van der Waals surface area contributed by atoms with Crippen LogP contribution in [-0.2, 0) is 10.2 Å². The molecule has 3 rings (SSSR count). The van der Waals surface area contributed by atoms with Crippen molar-refractivity contribution in [1.29, 1.82) is 0 Å². The van der Waals surface area contributed by atoms with Crippen molar-refractivity contribution < 1.29 is 9.53 Å². The Morgan fingerprint density at radius 3 is 2.70 bits per heavy atom. The summed E-state index contributed by atoms with van der Waals surface area (Å²) in [6.07, 6.45) is 3.82. The summed E-state index contributed by atoms with van der Waals surface area (Å²) >= 11 is 6.17. The number of nitrogens with zero attached hydrogens (tertiary/aromatic N) is 2. The Hall–Kier alpha value is -1.95. The Kier molecular flexibility index (Phi) is 6.47. The van der Waals surface area contributed by atoms with Gasteiger partial charge in [-0.05, 0) is 50.3 Å². The van der Waals surface area contributed by atoms with Gasteiger partial charge >= 0.3 is 6.09 Å². The molecule has 2 aliphatic rings. The van der Waals surface area contributed by atoms with E-state index in [2.05, 4.69) is 29.7 Å². The van der Waals surface area contributed by atoms with Crippen LogP contribution in [0.15, 0.2) is 29.3 Å². The van der Waals surface area contributed by atoms with Gasteiger partial charge in [0.05, 0.1) is 13.7 Å². The number of ether oxygens (including phenoxy) is 1. The fourth-order valence-corrected chi connectivity index (χ4v) is 3.78. The smallest absolute Gasteiger partial charge is 0.409 e. The summed E-state index contributed by atoms with van der Waals surface area (Å²) < 4.78 is 4.80. The third-order valence-electron chi connectivity index (χ3n) is 5.44. The molecule has 27 heavy (non-hydrogen) atoms.